The second-order valence-corrected chi connectivity index (χ2v) is 6.26. The van der Waals surface area contributed by atoms with Crippen molar-refractivity contribution in [3.63, 3.8) is 0 Å². The van der Waals surface area contributed by atoms with Crippen LogP contribution in [0.5, 0.6) is 5.75 Å². The van der Waals surface area contributed by atoms with E-state index in [1.807, 2.05) is 6.07 Å². The van der Waals surface area contributed by atoms with Gasteiger partial charge in [0.25, 0.3) is 0 Å². The number of nitrogens with two attached hydrogens (primary N) is 1. The number of rotatable bonds is 3. The van der Waals surface area contributed by atoms with E-state index in [1.165, 1.54) is 25.3 Å². The summed E-state index contributed by atoms with van der Waals surface area (Å²) >= 11 is 0. The van der Waals surface area contributed by atoms with Gasteiger partial charge in [-0.1, -0.05) is 31.4 Å². The van der Waals surface area contributed by atoms with E-state index in [0.717, 1.165) is 31.2 Å². The number of ether oxygens (including phenoxy) is 2. The molecule has 3 rings (SSSR count). The number of para-hydroxylation sites is 1. The third-order valence-corrected chi connectivity index (χ3v) is 4.77. The molecule has 0 radical (unpaired) electrons. The average Bonchev–Trinajstić information content (AvgIpc) is 2.50. The van der Waals surface area contributed by atoms with Crippen LogP contribution >= 0.6 is 0 Å². The maximum Gasteiger partial charge on any atom is 0.165 e. The first-order valence-corrected chi connectivity index (χ1v) is 8.00. The molecule has 1 atom stereocenters. The molecule has 2 fully saturated rings. The van der Waals surface area contributed by atoms with Gasteiger partial charge in [-0.3, -0.25) is 0 Å². The molecule has 1 aliphatic heterocycles. The normalized spacial score (nSPS) is 25.0. The zero-order valence-electron chi connectivity index (χ0n) is 12.4. The smallest absolute Gasteiger partial charge is 0.165 e. The minimum Gasteiger partial charge on any atom is -0.487 e. The lowest BCUT2D eigenvalue weighted by atomic mass is 9.79. The third kappa shape index (κ3) is 3.22. The van der Waals surface area contributed by atoms with E-state index < -0.39 is 0 Å². The van der Waals surface area contributed by atoms with Crippen molar-refractivity contribution < 1.29 is 13.9 Å². The fourth-order valence-electron chi connectivity index (χ4n) is 3.64. The van der Waals surface area contributed by atoms with Crippen LogP contribution in [0.4, 0.5) is 4.39 Å². The van der Waals surface area contributed by atoms with Crippen molar-refractivity contribution in [3.05, 3.63) is 29.6 Å². The molecule has 1 saturated heterocycles. The lowest BCUT2D eigenvalue weighted by molar-refractivity contribution is -0.130. The summed E-state index contributed by atoms with van der Waals surface area (Å²) in [5, 5.41) is 0. The number of hydrogen-bond acceptors (Lipinski definition) is 3. The molecule has 3 nitrogen and oxygen atoms in total. The maximum atomic E-state index is 14.0. The van der Waals surface area contributed by atoms with E-state index in [4.69, 9.17) is 15.2 Å². The summed E-state index contributed by atoms with van der Waals surface area (Å²) in [6.07, 6.45) is 7.66. The summed E-state index contributed by atoms with van der Waals surface area (Å²) in [6.45, 7) is 0.999. The fourth-order valence-corrected chi connectivity index (χ4v) is 3.64. The van der Waals surface area contributed by atoms with Crippen molar-refractivity contribution in [2.75, 3.05) is 6.61 Å². The molecule has 116 valence electrons. The van der Waals surface area contributed by atoms with Crippen LogP contribution in [0.15, 0.2) is 18.2 Å². The minimum atomic E-state index is -0.317. The van der Waals surface area contributed by atoms with Crippen molar-refractivity contribution in [2.24, 2.45) is 5.73 Å². The molecule has 0 aromatic heterocycles. The Morgan fingerprint density at radius 3 is 2.86 bits per heavy atom. The molecule has 1 unspecified atom stereocenters. The van der Waals surface area contributed by atoms with Gasteiger partial charge >= 0.3 is 0 Å². The first-order valence-electron chi connectivity index (χ1n) is 8.00. The number of benzene rings is 1. The highest BCUT2D eigenvalue weighted by Crippen LogP contribution is 2.40. The van der Waals surface area contributed by atoms with Crippen LogP contribution in [0.3, 0.4) is 0 Å². The summed E-state index contributed by atoms with van der Waals surface area (Å²) in [4.78, 5) is 0. The van der Waals surface area contributed by atoms with Gasteiger partial charge in [0.2, 0.25) is 0 Å². The molecule has 2 N–H and O–H groups in total. The quantitative estimate of drug-likeness (QED) is 0.927. The van der Waals surface area contributed by atoms with Gasteiger partial charge in [0.05, 0.1) is 12.2 Å². The van der Waals surface area contributed by atoms with Crippen molar-refractivity contribution in [1.82, 2.24) is 0 Å². The van der Waals surface area contributed by atoms with Gasteiger partial charge in [0, 0.05) is 24.9 Å². The summed E-state index contributed by atoms with van der Waals surface area (Å²) in [6, 6.07) is 4.94. The molecular formula is C17H24FNO2. The van der Waals surface area contributed by atoms with Crippen LogP contribution in [0.25, 0.3) is 0 Å². The zero-order chi connectivity index (χ0) is 14.7. The molecule has 1 aliphatic carbocycles. The third-order valence-electron chi connectivity index (χ3n) is 4.77. The van der Waals surface area contributed by atoms with Crippen LogP contribution in [0, 0.1) is 5.82 Å². The molecule has 0 bridgehead atoms. The average molecular weight is 293 g/mol. The zero-order valence-corrected chi connectivity index (χ0v) is 12.4. The van der Waals surface area contributed by atoms with E-state index in [0.29, 0.717) is 18.9 Å². The summed E-state index contributed by atoms with van der Waals surface area (Å²) in [5.41, 5.74) is 6.39. The first kappa shape index (κ1) is 14.8. The van der Waals surface area contributed by atoms with Crippen molar-refractivity contribution in [1.29, 1.82) is 0 Å². The van der Waals surface area contributed by atoms with Gasteiger partial charge in [-0.2, -0.15) is 0 Å². The van der Waals surface area contributed by atoms with Crippen molar-refractivity contribution >= 4 is 0 Å². The Bertz CT molecular complexity index is 480. The van der Waals surface area contributed by atoms with Crippen LogP contribution in [0.2, 0.25) is 0 Å². The summed E-state index contributed by atoms with van der Waals surface area (Å²) in [7, 11) is 0. The van der Waals surface area contributed by atoms with E-state index in [9.17, 15) is 4.39 Å². The van der Waals surface area contributed by atoms with Gasteiger partial charge in [0.1, 0.15) is 6.10 Å². The maximum absolute atomic E-state index is 14.0. The van der Waals surface area contributed by atoms with E-state index in [1.54, 1.807) is 6.07 Å². The van der Waals surface area contributed by atoms with E-state index >= 15 is 0 Å². The highest BCUT2D eigenvalue weighted by atomic mass is 19.1. The molecule has 1 aromatic carbocycles. The molecule has 2 aliphatic rings. The summed E-state index contributed by atoms with van der Waals surface area (Å²) in [5.74, 6) is 0.0139. The molecule has 1 heterocycles. The van der Waals surface area contributed by atoms with Gasteiger partial charge < -0.3 is 15.2 Å². The summed E-state index contributed by atoms with van der Waals surface area (Å²) < 4.78 is 26.1. The Morgan fingerprint density at radius 2 is 2.10 bits per heavy atom. The van der Waals surface area contributed by atoms with Gasteiger partial charge in [-0.25, -0.2) is 4.39 Å². The van der Waals surface area contributed by atoms with Crippen LogP contribution in [-0.4, -0.2) is 18.3 Å². The van der Waals surface area contributed by atoms with E-state index in [-0.39, 0.29) is 17.5 Å². The van der Waals surface area contributed by atoms with E-state index in [2.05, 4.69) is 0 Å². The highest BCUT2D eigenvalue weighted by molar-refractivity contribution is 5.35. The molecule has 0 amide bonds. The molecule has 4 heteroatoms. The highest BCUT2D eigenvalue weighted by Gasteiger charge is 2.39. The minimum absolute atomic E-state index is 0.0269. The monoisotopic (exact) mass is 293 g/mol. The Hall–Kier alpha value is -1.13. The fraction of sp³-hybridized carbons (Fsp3) is 0.647. The second-order valence-electron chi connectivity index (χ2n) is 6.26. The van der Waals surface area contributed by atoms with Crippen LogP contribution in [-0.2, 0) is 11.3 Å². The predicted octanol–water partition coefficient (Wildman–Crippen LogP) is 3.55. The van der Waals surface area contributed by atoms with Gasteiger partial charge in [0.15, 0.2) is 11.6 Å². The van der Waals surface area contributed by atoms with Gasteiger partial charge in [-0.15, -0.1) is 0 Å². The SMILES string of the molecule is NCc1cccc(F)c1OC1CCOC2(CCCCC2)C1. The Labute approximate surface area is 125 Å². The van der Waals surface area contributed by atoms with Crippen LogP contribution in [0.1, 0.15) is 50.5 Å². The second kappa shape index (κ2) is 6.32. The number of hydrogen-bond donors (Lipinski definition) is 1. The lowest BCUT2D eigenvalue weighted by Gasteiger charge is -2.43. The van der Waals surface area contributed by atoms with Crippen molar-refractivity contribution in [3.8, 4) is 5.75 Å². The Kier molecular flexibility index (Phi) is 4.45. The van der Waals surface area contributed by atoms with Gasteiger partial charge in [-0.05, 0) is 18.9 Å². The topological polar surface area (TPSA) is 44.5 Å². The molecule has 1 aromatic rings. The van der Waals surface area contributed by atoms with Crippen molar-refractivity contribution in [2.45, 2.75) is 63.2 Å². The first-order chi connectivity index (χ1) is 10.2. The molecule has 1 saturated carbocycles. The Balaban J connectivity index is 1.73. The molecular weight excluding hydrogens is 269 g/mol. The van der Waals surface area contributed by atoms with Crippen LogP contribution < -0.4 is 10.5 Å². The molecule has 21 heavy (non-hydrogen) atoms. The largest absolute Gasteiger partial charge is 0.487 e. The Morgan fingerprint density at radius 1 is 1.29 bits per heavy atom. The standard InChI is InChI=1S/C17H24FNO2/c18-15-6-4-5-13(12-19)16(15)21-14-7-10-20-17(11-14)8-2-1-3-9-17/h4-6,14H,1-3,7-12,19H2. The molecule has 1 spiro atoms. The number of halogens is 1. The predicted molar refractivity (Wildman–Crippen MR) is 79.7 cm³/mol. The lowest BCUT2D eigenvalue weighted by Crippen LogP contribution is -2.45.